The number of hydrogen-bond acceptors (Lipinski definition) is 5. The smallest absolute Gasteiger partial charge is 0.179 e. The van der Waals surface area contributed by atoms with Gasteiger partial charge in [0.25, 0.3) is 0 Å². The molecule has 0 spiro atoms. The molecule has 0 bridgehead atoms. The Morgan fingerprint density at radius 1 is 1.36 bits per heavy atom. The van der Waals surface area contributed by atoms with E-state index in [0.29, 0.717) is 33.7 Å². The van der Waals surface area contributed by atoms with Gasteiger partial charge in [-0.2, -0.15) is 5.26 Å². The van der Waals surface area contributed by atoms with Gasteiger partial charge in [0.2, 0.25) is 0 Å². The highest BCUT2D eigenvalue weighted by Crippen LogP contribution is 2.37. The number of rotatable bonds is 5. The summed E-state index contributed by atoms with van der Waals surface area (Å²) in [5, 5.41) is 10.7. The minimum Gasteiger partial charge on any atom is -0.493 e. The van der Waals surface area contributed by atoms with E-state index in [-0.39, 0.29) is 0 Å². The molecule has 0 amide bonds. The van der Waals surface area contributed by atoms with Crippen molar-refractivity contribution in [3.8, 4) is 17.6 Å². The van der Waals surface area contributed by atoms with Crippen molar-refractivity contribution in [3.63, 3.8) is 0 Å². The van der Waals surface area contributed by atoms with Gasteiger partial charge in [0.1, 0.15) is 11.1 Å². The molecule has 0 aliphatic heterocycles. The predicted octanol–water partition coefficient (Wildman–Crippen LogP) is 5.42. The van der Waals surface area contributed by atoms with E-state index in [1.54, 1.807) is 25.3 Å². The fourth-order valence-corrected chi connectivity index (χ4v) is 3.61. The van der Waals surface area contributed by atoms with Gasteiger partial charge in [-0.25, -0.2) is 4.98 Å². The number of thiazole rings is 1. The number of halogens is 1. The highest BCUT2D eigenvalue weighted by Gasteiger charge is 2.13. The van der Waals surface area contributed by atoms with Crippen LogP contribution in [0.15, 0.2) is 36.4 Å². The normalized spacial score (nSPS) is 11.4. The Morgan fingerprint density at radius 3 is 2.84 bits per heavy atom. The molecule has 0 atom stereocenters. The van der Waals surface area contributed by atoms with Crippen LogP contribution in [0.25, 0.3) is 21.9 Å². The number of benzene rings is 2. The summed E-state index contributed by atoms with van der Waals surface area (Å²) in [6.45, 7) is 2.37. The molecule has 1 aromatic heterocycles. The van der Waals surface area contributed by atoms with E-state index >= 15 is 0 Å². The third kappa shape index (κ3) is 3.60. The van der Waals surface area contributed by atoms with Crippen molar-refractivity contribution >= 4 is 44.8 Å². The van der Waals surface area contributed by atoms with Crippen LogP contribution in [0.3, 0.4) is 0 Å². The molecule has 1 heterocycles. The van der Waals surface area contributed by atoms with E-state index in [0.717, 1.165) is 15.8 Å². The summed E-state index contributed by atoms with van der Waals surface area (Å²) in [5.41, 5.74) is 2.11. The van der Waals surface area contributed by atoms with Crippen molar-refractivity contribution < 1.29 is 9.47 Å². The Balaban J connectivity index is 2.05. The minimum absolute atomic E-state index is 0.439. The molecule has 6 heteroatoms. The van der Waals surface area contributed by atoms with Crippen LogP contribution in [0.4, 0.5) is 0 Å². The van der Waals surface area contributed by atoms with Crippen LogP contribution < -0.4 is 9.47 Å². The lowest BCUT2D eigenvalue weighted by atomic mass is 10.1. The second-order valence-corrected chi connectivity index (χ2v) is 6.56. The highest BCUT2D eigenvalue weighted by molar-refractivity contribution is 7.19. The van der Waals surface area contributed by atoms with E-state index < -0.39 is 0 Å². The Hall–Kier alpha value is -2.55. The molecule has 0 saturated heterocycles. The summed E-state index contributed by atoms with van der Waals surface area (Å²) in [4.78, 5) is 4.53. The first-order valence-corrected chi connectivity index (χ1v) is 8.83. The quantitative estimate of drug-likeness (QED) is 0.562. The number of ether oxygens (including phenoxy) is 2. The van der Waals surface area contributed by atoms with Crippen LogP contribution in [0.1, 0.15) is 17.5 Å². The molecule has 3 rings (SSSR count). The zero-order valence-corrected chi connectivity index (χ0v) is 15.3. The van der Waals surface area contributed by atoms with Gasteiger partial charge < -0.3 is 9.47 Å². The molecule has 2 aromatic carbocycles. The minimum atomic E-state index is 0.439. The van der Waals surface area contributed by atoms with Crippen molar-refractivity contribution in [1.29, 1.82) is 5.26 Å². The standard InChI is InChI=1S/C19H15ClN2O2S/c1-3-24-18-14(20)9-12(10-16(18)23-2)8-13(11-21)19-22-15-6-4-5-7-17(15)25-19/h4-10H,3H2,1-2H3/b13-8-. The molecule has 0 aliphatic rings. The maximum atomic E-state index is 9.56. The van der Waals surface area contributed by atoms with E-state index in [2.05, 4.69) is 11.1 Å². The van der Waals surface area contributed by atoms with Crippen LogP contribution in [-0.4, -0.2) is 18.7 Å². The molecule has 0 radical (unpaired) electrons. The van der Waals surface area contributed by atoms with Crippen LogP contribution in [-0.2, 0) is 0 Å². The van der Waals surface area contributed by atoms with Crippen molar-refractivity contribution in [2.75, 3.05) is 13.7 Å². The van der Waals surface area contributed by atoms with E-state index in [4.69, 9.17) is 21.1 Å². The zero-order valence-electron chi connectivity index (χ0n) is 13.7. The van der Waals surface area contributed by atoms with Crippen LogP contribution in [0, 0.1) is 11.3 Å². The predicted molar refractivity (Wildman–Crippen MR) is 102 cm³/mol. The highest BCUT2D eigenvalue weighted by atomic mass is 35.5. The van der Waals surface area contributed by atoms with Crippen LogP contribution in [0.2, 0.25) is 5.02 Å². The first kappa shape index (κ1) is 17.3. The molecule has 25 heavy (non-hydrogen) atoms. The SMILES string of the molecule is CCOc1c(Cl)cc(/C=C(/C#N)c2nc3ccccc3s2)cc1OC. The fourth-order valence-electron chi connectivity index (χ4n) is 2.40. The maximum Gasteiger partial charge on any atom is 0.179 e. The van der Waals surface area contributed by atoms with Gasteiger partial charge in [0.05, 0.1) is 34.5 Å². The number of fused-ring (bicyclic) bond motifs is 1. The van der Waals surface area contributed by atoms with Gasteiger partial charge in [-0.15, -0.1) is 11.3 Å². The number of allylic oxidation sites excluding steroid dienone is 1. The van der Waals surface area contributed by atoms with Gasteiger partial charge in [-0.3, -0.25) is 0 Å². The number of para-hydroxylation sites is 1. The largest absolute Gasteiger partial charge is 0.493 e. The molecule has 4 nitrogen and oxygen atoms in total. The zero-order chi connectivity index (χ0) is 17.8. The summed E-state index contributed by atoms with van der Waals surface area (Å²) >= 11 is 7.78. The van der Waals surface area contributed by atoms with Gasteiger partial charge >= 0.3 is 0 Å². The summed E-state index contributed by atoms with van der Waals surface area (Å²) in [6.07, 6.45) is 1.75. The molecule has 3 aromatic rings. The number of methoxy groups -OCH3 is 1. The van der Waals surface area contributed by atoms with Crippen molar-refractivity contribution in [3.05, 3.63) is 52.0 Å². The molecular formula is C19H15ClN2O2S. The second-order valence-electron chi connectivity index (χ2n) is 5.12. The first-order valence-electron chi connectivity index (χ1n) is 7.64. The van der Waals surface area contributed by atoms with Crippen molar-refractivity contribution in [2.24, 2.45) is 0 Å². The Morgan fingerprint density at radius 2 is 2.16 bits per heavy atom. The lowest BCUT2D eigenvalue weighted by molar-refractivity contribution is 0.311. The van der Waals surface area contributed by atoms with Gasteiger partial charge in [0, 0.05) is 0 Å². The average molecular weight is 371 g/mol. The summed E-state index contributed by atoms with van der Waals surface area (Å²) < 4.78 is 11.9. The molecule has 0 saturated carbocycles. The van der Waals surface area contributed by atoms with Gasteiger partial charge in [-0.1, -0.05) is 23.7 Å². The molecule has 0 aliphatic carbocycles. The van der Waals surface area contributed by atoms with Crippen LogP contribution in [0.5, 0.6) is 11.5 Å². The van der Waals surface area contributed by atoms with Gasteiger partial charge in [0.15, 0.2) is 11.5 Å². The van der Waals surface area contributed by atoms with Crippen molar-refractivity contribution in [2.45, 2.75) is 6.92 Å². The molecule has 0 unspecified atom stereocenters. The Kier molecular flexibility index (Phi) is 5.22. The number of nitrogens with zero attached hydrogens (tertiary/aromatic N) is 2. The van der Waals surface area contributed by atoms with Crippen LogP contribution >= 0.6 is 22.9 Å². The first-order chi connectivity index (χ1) is 12.2. The number of hydrogen-bond donors (Lipinski definition) is 0. The van der Waals surface area contributed by atoms with E-state index in [9.17, 15) is 5.26 Å². The maximum absolute atomic E-state index is 9.56. The van der Waals surface area contributed by atoms with Crippen molar-refractivity contribution in [1.82, 2.24) is 4.98 Å². The number of nitriles is 1. The Bertz CT molecular complexity index is 956. The fraction of sp³-hybridized carbons (Fsp3) is 0.158. The van der Waals surface area contributed by atoms with E-state index in [1.807, 2.05) is 31.2 Å². The second kappa shape index (κ2) is 7.56. The lowest BCUT2D eigenvalue weighted by Crippen LogP contribution is -1.96. The molecular weight excluding hydrogens is 356 g/mol. The molecule has 126 valence electrons. The lowest BCUT2D eigenvalue weighted by Gasteiger charge is -2.12. The third-order valence-electron chi connectivity index (χ3n) is 3.50. The third-order valence-corrected chi connectivity index (χ3v) is 4.85. The number of aromatic nitrogens is 1. The topological polar surface area (TPSA) is 55.1 Å². The van der Waals surface area contributed by atoms with Gasteiger partial charge in [-0.05, 0) is 42.8 Å². The molecule has 0 fully saturated rings. The summed E-state index contributed by atoms with van der Waals surface area (Å²) in [6, 6.07) is 13.6. The Labute approximate surface area is 154 Å². The average Bonchev–Trinajstić information content (AvgIpc) is 3.05. The summed E-state index contributed by atoms with van der Waals surface area (Å²) in [5.74, 6) is 1.03. The monoisotopic (exact) mass is 370 g/mol. The molecule has 0 N–H and O–H groups in total. The summed E-state index contributed by atoms with van der Waals surface area (Å²) in [7, 11) is 1.56. The van der Waals surface area contributed by atoms with E-state index in [1.165, 1.54) is 11.3 Å².